The number of imidazole rings is 1. The van der Waals surface area contributed by atoms with E-state index in [1.54, 1.807) is 18.5 Å². The molecule has 0 spiro atoms. The predicted molar refractivity (Wildman–Crippen MR) is 175 cm³/mol. The zero-order valence-corrected chi connectivity index (χ0v) is 26.1. The highest BCUT2D eigenvalue weighted by atomic mass is 35.5. The van der Waals surface area contributed by atoms with Crippen molar-refractivity contribution in [2.45, 2.75) is 69.9 Å². The highest BCUT2D eigenvalue weighted by Gasteiger charge is 2.44. The Balaban J connectivity index is 1.24. The minimum Gasteiger partial charge on any atom is -0.478 e. The Hall–Kier alpha value is -4.50. The molecule has 0 aliphatic heterocycles. The van der Waals surface area contributed by atoms with Gasteiger partial charge in [-0.05, 0) is 86.6 Å². The first-order chi connectivity index (χ1) is 21.7. The quantitative estimate of drug-likeness (QED) is 0.183. The number of amides is 1. The number of halogens is 1. The van der Waals surface area contributed by atoms with Crippen LogP contribution in [0.15, 0.2) is 54.9 Å². The molecule has 230 valence electrons. The second-order valence-electron chi connectivity index (χ2n) is 12.4. The monoisotopic (exact) mass is 622 g/mol. The van der Waals surface area contributed by atoms with Crippen molar-refractivity contribution in [1.82, 2.24) is 29.4 Å². The van der Waals surface area contributed by atoms with Crippen molar-refractivity contribution < 1.29 is 14.7 Å². The number of hydrogen-bond acceptors (Lipinski definition) is 5. The second-order valence-corrected chi connectivity index (χ2v) is 12.8. The standard InChI is InChI=1S/C35H35ClN6O3/c1-21-26-18-23(11-13-28(26)42(25-7-4-3-5-8-25)31(21)32-37-19-24(36)20-38-32)33(45)40-35(15-6-16-35)34-39-27-12-9-22(10-14-30(43)44)17-29(27)41(34)2/h9-14,17-20,25H,3-8,15-16H2,1-2H3,(H,40,45)(H,43,44)/b14-10+. The van der Waals surface area contributed by atoms with Crippen LogP contribution in [0.3, 0.4) is 0 Å². The lowest BCUT2D eigenvalue weighted by Crippen LogP contribution is -2.52. The molecule has 10 heteroatoms. The lowest BCUT2D eigenvalue weighted by Gasteiger charge is -2.41. The highest BCUT2D eigenvalue weighted by Crippen LogP contribution is 2.43. The fraction of sp³-hybridized carbons (Fsp3) is 0.343. The molecule has 0 unspecified atom stereocenters. The van der Waals surface area contributed by atoms with Gasteiger partial charge in [0.25, 0.3) is 5.91 Å². The average molecular weight is 623 g/mol. The topological polar surface area (TPSA) is 115 Å². The third kappa shape index (κ3) is 5.19. The van der Waals surface area contributed by atoms with E-state index in [9.17, 15) is 9.59 Å². The van der Waals surface area contributed by atoms with Crippen LogP contribution in [0.4, 0.5) is 0 Å². The Morgan fingerprint density at radius 2 is 1.78 bits per heavy atom. The third-order valence-electron chi connectivity index (χ3n) is 9.60. The predicted octanol–water partition coefficient (Wildman–Crippen LogP) is 7.36. The van der Waals surface area contributed by atoms with Crippen LogP contribution in [0.2, 0.25) is 5.02 Å². The molecule has 0 radical (unpaired) electrons. The van der Waals surface area contributed by atoms with Crippen molar-refractivity contribution in [2.24, 2.45) is 7.05 Å². The Bertz CT molecular complexity index is 1980. The van der Waals surface area contributed by atoms with Gasteiger partial charge >= 0.3 is 5.97 Å². The Labute approximate surface area is 266 Å². The fourth-order valence-electron chi connectivity index (χ4n) is 7.18. The van der Waals surface area contributed by atoms with Gasteiger partial charge in [-0.3, -0.25) is 4.79 Å². The highest BCUT2D eigenvalue weighted by molar-refractivity contribution is 6.30. The zero-order chi connectivity index (χ0) is 31.3. The van der Waals surface area contributed by atoms with E-state index in [0.29, 0.717) is 22.5 Å². The molecular formula is C35H35ClN6O3. The van der Waals surface area contributed by atoms with Gasteiger partial charge in [-0.15, -0.1) is 0 Å². The SMILES string of the molecule is Cc1c(-c2ncc(Cl)cn2)n(C2CCCCC2)c2ccc(C(=O)NC3(c4nc5ccc(/C=C/C(=O)O)cc5n4C)CCC3)cc12. The van der Waals surface area contributed by atoms with Crippen molar-refractivity contribution in [2.75, 3.05) is 0 Å². The first-order valence-corrected chi connectivity index (χ1v) is 15.9. The molecule has 7 rings (SSSR count). The molecule has 2 fully saturated rings. The molecule has 2 aliphatic carbocycles. The summed E-state index contributed by atoms with van der Waals surface area (Å²) in [6.07, 6.45) is 14.4. The van der Waals surface area contributed by atoms with E-state index < -0.39 is 11.5 Å². The van der Waals surface area contributed by atoms with Gasteiger partial charge in [0.15, 0.2) is 5.82 Å². The molecule has 9 nitrogen and oxygen atoms in total. The summed E-state index contributed by atoms with van der Waals surface area (Å²) in [7, 11) is 1.95. The van der Waals surface area contributed by atoms with E-state index in [4.69, 9.17) is 21.7 Å². The first-order valence-electron chi connectivity index (χ1n) is 15.6. The van der Waals surface area contributed by atoms with Crippen LogP contribution in [0.1, 0.15) is 84.7 Å². The van der Waals surface area contributed by atoms with Crippen LogP contribution in [0.5, 0.6) is 0 Å². The number of carbonyl (C=O) groups is 2. The summed E-state index contributed by atoms with van der Waals surface area (Å²) in [4.78, 5) is 39.1. The van der Waals surface area contributed by atoms with Gasteiger partial charge in [-0.2, -0.15) is 0 Å². The maximum atomic E-state index is 14.0. The zero-order valence-electron chi connectivity index (χ0n) is 25.4. The van der Waals surface area contributed by atoms with E-state index in [2.05, 4.69) is 32.8 Å². The number of aromatic nitrogens is 5. The minimum atomic E-state index is -0.995. The van der Waals surface area contributed by atoms with Crippen LogP contribution in [-0.4, -0.2) is 41.1 Å². The van der Waals surface area contributed by atoms with E-state index in [0.717, 1.165) is 82.8 Å². The number of aliphatic carboxylic acids is 1. The van der Waals surface area contributed by atoms with Gasteiger partial charge in [0.2, 0.25) is 0 Å². The summed E-state index contributed by atoms with van der Waals surface area (Å²) in [6, 6.07) is 12.0. The molecule has 1 amide bonds. The normalized spacial score (nSPS) is 16.8. The molecule has 45 heavy (non-hydrogen) atoms. The smallest absolute Gasteiger partial charge is 0.328 e. The van der Waals surface area contributed by atoms with E-state index >= 15 is 0 Å². The molecule has 2 saturated carbocycles. The first kappa shape index (κ1) is 29.2. The number of nitrogens with zero attached hydrogens (tertiary/aromatic N) is 5. The molecule has 0 bridgehead atoms. The lowest BCUT2D eigenvalue weighted by molar-refractivity contribution is -0.131. The van der Waals surface area contributed by atoms with Crippen molar-refractivity contribution in [1.29, 1.82) is 0 Å². The largest absolute Gasteiger partial charge is 0.478 e. The number of carboxylic acids is 1. The lowest BCUT2D eigenvalue weighted by atomic mass is 9.75. The minimum absolute atomic E-state index is 0.136. The van der Waals surface area contributed by atoms with Crippen molar-refractivity contribution in [3.05, 3.63) is 82.4 Å². The van der Waals surface area contributed by atoms with Gasteiger partial charge in [0, 0.05) is 48.0 Å². The van der Waals surface area contributed by atoms with Gasteiger partial charge in [-0.25, -0.2) is 19.7 Å². The number of rotatable bonds is 7. The van der Waals surface area contributed by atoms with Gasteiger partial charge < -0.3 is 19.6 Å². The number of benzene rings is 2. The molecule has 2 aliphatic rings. The van der Waals surface area contributed by atoms with E-state index in [1.165, 1.54) is 19.3 Å². The summed E-state index contributed by atoms with van der Waals surface area (Å²) in [5, 5.41) is 13.9. The van der Waals surface area contributed by atoms with Crippen LogP contribution < -0.4 is 5.32 Å². The molecule has 0 atom stereocenters. The van der Waals surface area contributed by atoms with Gasteiger partial charge in [0.1, 0.15) is 5.82 Å². The maximum Gasteiger partial charge on any atom is 0.328 e. The van der Waals surface area contributed by atoms with Crippen LogP contribution in [-0.2, 0) is 17.4 Å². The number of carboxylic acid groups (broad SMARTS) is 1. The molecule has 2 N–H and O–H groups in total. The molecule has 3 aromatic heterocycles. The van der Waals surface area contributed by atoms with E-state index in [-0.39, 0.29) is 5.91 Å². The fourth-order valence-corrected chi connectivity index (χ4v) is 7.27. The van der Waals surface area contributed by atoms with Crippen LogP contribution in [0, 0.1) is 6.92 Å². The second kappa shape index (κ2) is 11.5. The van der Waals surface area contributed by atoms with Gasteiger partial charge in [0.05, 0.1) is 27.3 Å². The number of aryl methyl sites for hydroxylation is 2. The summed E-state index contributed by atoms with van der Waals surface area (Å²) in [5.41, 5.74) is 5.61. The Morgan fingerprint density at radius 1 is 1.02 bits per heavy atom. The number of hydrogen-bond donors (Lipinski definition) is 2. The van der Waals surface area contributed by atoms with Crippen molar-refractivity contribution >= 4 is 51.5 Å². The van der Waals surface area contributed by atoms with Crippen molar-refractivity contribution in [3.63, 3.8) is 0 Å². The Morgan fingerprint density at radius 3 is 2.47 bits per heavy atom. The maximum absolute atomic E-state index is 14.0. The van der Waals surface area contributed by atoms with Gasteiger partial charge in [-0.1, -0.05) is 36.9 Å². The molecule has 5 aromatic rings. The molecule has 0 saturated heterocycles. The third-order valence-corrected chi connectivity index (χ3v) is 9.80. The Kier molecular flexibility index (Phi) is 7.44. The van der Waals surface area contributed by atoms with E-state index in [1.807, 2.05) is 41.9 Å². The number of fused-ring (bicyclic) bond motifs is 2. The molecule has 2 aromatic carbocycles. The number of carbonyl (C=O) groups excluding carboxylic acids is 1. The molecule has 3 heterocycles. The number of nitrogens with one attached hydrogen (secondary N) is 1. The average Bonchev–Trinajstić information content (AvgIpc) is 3.51. The summed E-state index contributed by atoms with van der Waals surface area (Å²) in [6.45, 7) is 2.09. The van der Waals surface area contributed by atoms with Crippen LogP contribution in [0.25, 0.3) is 39.5 Å². The van der Waals surface area contributed by atoms with Crippen LogP contribution >= 0.6 is 11.6 Å². The van der Waals surface area contributed by atoms with Crippen molar-refractivity contribution in [3.8, 4) is 11.5 Å². The molecular weight excluding hydrogens is 588 g/mol. The summed E-state index contributed by atoms with van der Waals surface area (Å²) >= 11 is 6.13. The summed E-state index contributed by atoms with van der Waals surface area (Å²) in [5.74, 6) is 0.314. The summed E-state index contributed by atoms with van der Waals surface area (Å²) < 4.78 is 4.41.